The third kappa shape index (κ3) is 2.31. The molecule has 0 radical (unpaired) electrons. The van der Waals surface area contributed by atoms with Gasteiger partial charge in [0.05, 0.1) is 18.3 Å². The molecule has 1 aliphatic rings. The number of hydrogen-bond donors (Lipinski definition) is 2. The van der Waals surface area contributed by atoms with Gasteiger partial charge in [-0.3, -0.25) is 4.31 Å². The van der Waals surface area contributed by atoms with Crippen molar-refractivity contribution in [2.75, 3.05) is 10.8 Å². The van der Waals surface area contributed by atoms with Crippen LogP contribution in [-0.4, -0.2) is 27.3 Å². The van der Waals surface area contributed by atoms with Crippen LogP contribution in [0.2, 0.25) is 0 Å². The summed E-state index contributed by atoms with van der Waals surface area (Å²) in [5, 5.41) is 0. The number of benzene rings is 1. The first-order chi connectivity index (χ1) is 8.06. The summed E-state index contributed by atoms with van der Waals surface area (Å²) in [6.07, 6.45) is 0.589. The Labute approximate surface area is 99.6 Å². The fraction of sp³-hybridized carbons (Fsp3) is 0.300. The predicted molar refractivity (Wildman–Crippen MR) is 63.6 cm³/mol. The molecule has 1 heterocycles. The van der Waals surface area contributed by atoms with Crippen molar-refractivity contribution in [3.05, 3.63) is 29.8 Å². The van der Waals surface area contributed by atoms with Crippen molar-refractivity contribution < 1.29 is 13.2 Å². The molecule has 3 N–H and O–H groups in total. The maximum Gasteiger partial charge on any atom is 0.302 e. The summed E-state index contributed by atoms with van der Waals surface area (Å²) in [6, 6.07) is 6.19. The predicted octanol–water partition coefficient (Wildman–Crippen LogP) is -0.633. The Bertz CT molecular complexity index is 512. The highest BCUT2D eigenvalue weighted by molar-refractivity contribution is 7.91. The van der Waals surface area contributed by atoms with Gasteiger partial charge in [-0.05, 0) is 17.7 Å². The number of nitrogens with one attached hydrogen (secondary N) is 1. The summed E-state index contributed by atoms with van der Waals surface area (Å²) in [4.78, 5) is 10.6. The van der Waals surface area contributed by atoms with Gasteiger partial charge in [-0.2, -0.15) is 13.1 Å². The van der Waals surface area contributed by atoms with E-state index in [-0.39, 0.29) is 6.54 Å². The highest BCUT2D eigenvalue weighted by atomic mass is 32.2. The molecule has 1 fully saturated rings. The van der Waals surface area contributed by atoms with Crippen LogP contribution in [0.25, 0.3) is 0 Å². The van der Waals surface area contributed by atoms with Crippen LogP contribution in [0.3, 0.4) is 0 Å². The molecule has 1 aromatic rings. The van der Waals surface area contributed by atoms with Crippen LogP contribution in [0.4, 0.5) is 5.69 Å². The standard InChI is InChI=1S/C10H13N3O3S/c11-5-8-1-3-10(4-2-8)13-6-9(7-14)12-17(13,15)16/h1-4,7,9,12H,5-6,11H2. The van der Waals surface area contributed by atoms with Crippen LogP contribution in [0, 0.1) is 0 Å². The smallest absolute Gasteiger partial charge is 0.302 e. The van der Waals surface area contributed by atoms with Crippen molar-refractivity contribution in [1.82, 2.24) is 4.72 Å². The first kappa shape index (κ1) is 12.0. The number of nitrogens with two attached hydrogens (primary N) is 1. The molecule has 6 nitrogen and oxygen atoms in total. The van der Waals surface area contributed by atoms with E-state index in [9.17, 15) is 13.2 Å². The molecule has 0 bridgehead atoms. The summed E-state index contributed by atoms with van der Waals surface area (Å²) in [5.74, 6) is 0. The SMILES string of the molecule is NCc1ccc(N2CC(C=O)NS2(=O)=O)cc1. The van der Waals surface area contributed by atoms with E-state index >= 15 is 0 Å². The van der Waals surface area contributed by atoms with Gasteiger partial charge in [0.2, 0.25) is 0 Å². The van der Waals surface area contributed by atoms with Gasteiger partial charge in [0, 0.05) is 6.54 Å². The van der Waals surface area contributed by atoms with Gasteiger partial charge in [-0.1, -0.05) is 12.1 Å². The monoisotopic (exact) mass is 255 g/mol. The highest BCUT2D eigenvalue weighted by Gasteiger charge is 2.35. The van der Waals surface area contributed by atoms with Crippen molar-refractivity contribution in [2.24, 2.45) is 5.73 Å². The minimum atomic E-state index is -3.60. The van der Waals surface area contributed by atoms with Crippen molar-refractivity contribution in [3.8, 4) is 0 Å². The quantitative estimate of drug-likeness (QED) is 0.703. The highest BCUT2D eigenvalue weighted by Crippen LogP contribution is 2.21. The molecule has 7 heteroatoms. The largest absolute Gasteiger partial charge is 0.326 e. The molecule has 0 aromatic heterocycles. The zero-order valence-corrected chi connectivity index (χ0v) is 9.85. The van der Waals surface area contributed by atoms with E-state index in [1.165, 1.54) is 4.31 Å². The van der Waals surface area contributed by atoms with Crippen LogP contribution in [-0.2, 0) is 21.5 Å². The van der Waals surface area contributed by atoms with Crippen LogP contribution < -0.4 is 14.8 Å². The van der Waals surface area contributed by atoms with Gasteiger partial charge in [0.15, 0.2) is 0 Å². The molecular weight excluding hydrogens is 242 g/mol. The molecule has 0 spiro atoms. The lowest BCUT2D eigenvalue weighted by atomic mass is 10.2. The van der Waals surface area contributed by atoms with Gasteiger partial charge in [0.1, 0.15) is 6.29 Å². The molecule has 92 valence electrons. The molecule has 17 heavy (non-hydrogen) atoms. The molecule has 1 saturated heterocycles. The summed E-state index contributed by atoms with van der Waals surface area (Å²) < 4.78 is 26.9. The minimum Gasteiger partial charge on any atom is -0.326 e. The summed E-state index contributed by atoms with van der Waals surface area (Å²) in [6.45, 7) is 0.524. The third-order valence-corrected chi connectivity index (χ3v) is 4.12. The van der Waals surface area contributed by atoms with E-state index in [0.717, 1.165) is 5.56 Å². The molecule has 0 aliphatic carbocycles. The first-order valence-electron chi connectivity index (χ1n) is 5.11. The lowest BCUT2D eigenvalue weighted by Crippen LogP contribution is -2.30. The van der Waals surface area contributed by atoms with Crippen LogP contribution >= 0.6 is 0 Å². The van der Waals surface area contributed by atoms with Crippen LogP contribution in [0.1, 0.15) is 5.56 Å². The lowest BCUT2D eigenvalue weighted by molar-refractivity contribution is -0.108. The number of hydrogen-bond acceptors (Lipinski definition) is 4. The molecule has 0 saturated carbocycles. The second-order valence-corrected chi connectivity index (χ2v) is 5.39. The number of carbonyl (C=O) groups excluding carboxylic acids is 1. The Balaban J connectivity index is 2.30. The Morgan fingerprint density at radius 1 is 1.41 bits per heavy atom. The molecule has 1 aromatic carbocycles. The molecule has 1 atom stereocenters. The Hall–Kier alpha value is -1.44. The van der Waals surface area contributed by atoms with E-state index in [1.54, 1.807) is 24.3 Å². The van der Waals surface area contributed by atoms with Crippen molar-refractivity contribution in [1.29, 1.82) is 0 Å². The third-order valence-electron chi connectivity index (χ3n) is 2.58. The lowest BCUT2D eigenvalue weighted by Gasteiger charge is -2.15. The van der Waals surface area contributed by atoms with Crippen molar-refractivity contribution >= 4 is 22.2 Å². The van der Waals surface area contributed by atoms with Crippen molar-refractivity contribution in [3.63, 3.8) is 0 Å². The van der Waals surface area contributed by atoms with E-state index < -0.39 is 16.3 Å². The second-order valence-electron chi connectivity index (χ2n) is 3.77. The van der Waals surface area contributed by atoms with Gasteiger partial charge in [0.25, 0.3) is 0 Å². The number of rotatable bonds is 3. The average Bonchev–Trinajstić information content (AvgIpc) is 2.64. The second kappa shape index (κ2) is 4.44. The maximum absolute atomic E-state index is 11.7. The Morgan fingerprint density at radius 2 is 2.06 bits per heavy atom. The molecular formula is C10H13N3O3S. The van der Waals surface area contributed by atoms with Gasteiger partial charge < -0.3 is 10.5 Å². The van der Waals surface area contributed by atoms with E-state index in [0.29, 0.717) is 18.5 Å². The number of anilines is 1. The number of nitrogens with zero attached hydrogens (tertiary/aromatic N) is 1. The van der Waals surface area contributed by atoms with Crippen LogP contribution in [0.5, 0.6) is 0 Å². The Kier molecular flexibility index (Phi) is 3.14. The fourth-order valence-electron chi connectivity index (χ4n) is 1.68. The van der Waals surface area contributed by atoms with Gasteiger partial charge >= 0.3 is 10.2 Å². The molecule has 0 amide bonds. The van der Waals surface area contributed by atoms with Gasteiger partial charge in [-0.25, -0.2) is 0 Å². The molecule has 2 rings (SSSR count). The molecule has 1 unspecified atom stereocenters. The molecule has 1 aliphatic heterocycles. The Morgan fingerprint density at radius 3 is 2.53 bits per heavy atom. The topological polar surface area (TPSA) is 92.5 Å². The number of aldehydes is 1. The van der Waals surface area contributed by atoms with Crippen molar-refractivity contribution in [2.45, 2.75) is 12.6 Å². The first-order valence-corrected chi connectivity index (χ1v) is 6.55. The van der Waals surface area contributed by atoms with Gasteiger partial charge in [-0.15, -0.1) is 0 Å². The normalized spacial score (nSPS) is 22.6. The zero-order chi connectivity index (χ0) is 12.5. The fourth-order valence-corrected chi connectivity index (χ4v) is 3.08. The van der Waals surface area contributed by atoms with E-state index in [2.05, 4.69) is 4.72 Å². The maximum atomic E-state index is 11.7. The summed E-state index contributed by atoms with van der Waals surface area (Å²) in [5.41, 5.74) is 6.91. The zero-order valence-electron chi connectivity index (χ0n) is 9.04. The minimum absolute atomic E-state index is 0.119. The average molecular weight is 255 g/mol. The van der Waals surface area contributed by atoms with Crippen LogP contribution in [0.15, 0.2) is 24.3 Å². The summed E-state index contributed by atoms with van der Waals surface area (Å²) in [7, 11) is -3.60. The number of carbonyl (C=O) groups is 1. The van der Waals surface area contributed by atoms with E-state index in [4.69, 9.17) is 5.73 Å². The summed E-state index contributed by atoms with van der Waals surface area (Å²) >= 11 is 0. The van der Waals surface area contributed by atoms with E-state index in [1.807, 2.05) is 0 Å².